The molecule has 1 aliphatic rings. The summed E-state index contributed by atoms with van der Waals surface area (Å²) in [5.41, 5.74) is 3.16. The lowest BCUT2D eigenvalue weighted by molar-refractivity contribution is 0.475. The van der Waals surface area contributed by atoms with Crippen LogP contribution in [0.25, 0.3) is 16.9 Å². The largest absolute Gasteiger partial charge is 0.355 e. The molecule has 0 radical (unpaired) electrons. The van der Waals surface area contributed by atoms with E-state index in [-0.39, 0.29) is 5.92 Å². The molecule has 0 aliphatic carbocycles. The van der Waals surface area contributed by atoms with Gasteiger partial charge < -0.3 is 4.90 Å². The molecule has 0 saturated carbocycles. The maximum atomic E-state index is 9.34. The molecule has 8 nitrogen and oxygen atoms in total. The Balaban J connectivity index is 1.40. The van der Waals surface area contributed by atoms with E-state index in [4.69, 9.17) is 5.10 Å². The fourth-order valence-electron chi connectivity index (χ4n) is 3.81. The molecule has 29 heavy (non-hydrogen) atoms. The van der Waals surface area contributed by atoms with E-state index in [1.165, 1.54) is 0 Å². The van der Waals surface area contributed by atoms with Gasteiger partial charge in [0.1, 0.15) is 11.9 Å². The van der Waals surface area contributed by atoms with Gasteiger partial charge in [0.2, 0.25) is 0 Å². The number of fused-ring (bicyclic) bond motifs is 1. The summed E-state index contributed by atoms with van der Waals surface area (Å²) >= 11 is 0. The molecule has 142 valence electrons. The molecule has 1 saturated heterocycles. The Hall–Kier alpha value is -3.86. The van der Waals surface area contributed by atoms with Crippen molar-refractivity contribution in [3.63, 3.8) is 0 Å². The lowest BCUT2D eigenvalue weighted by atomic mass is 9.96. The summed E-state index contributed by atoms with van der Waals surface area (Å²) in [5.74, 6) is 1.90. The molecule has 5 rings (SSSR count). The number of piperidine rings is 1. The van der Waals surface area contributed by atoms with Crippen LogP contribution in [0.1, 0.15) is 30.1 Å². The van der Waals surface area contributed by atoms with E-state index >= 15 is 0 Å². The van der Waals surface area contributed by atoms with E-state index in [1.54, 1.807) is 24.7 Å². The van der Waals surface area contributed by atoms with Gasteiger partial charge >= 0.3 is 0 Å². The Kier molecular flexibility index (Phi) is 4.33. The van der Waals surface area contributed by atoms with Crippen LogP contribution in [0.4, 0.5) is 5.82 Å². The van der Waals surface area contributed by atoms with E-state index in [2.05, 4.69) is 31.1 Å². The smallest absolute Gasteiger partial charge is 0.177 e. The van der Waals surface area contributed by atoms with Gasteiger partial charge in [-0.3, -0.25) is 4.98 Å². The van der Waals surface area contributed by atoms with Gasteiger partial charge in [-0.25, -0.2) is 4.98 Å². The predicted octanol–water partition coefficient (Wildman–Crippen LogP) is 2.84. The molecule has 0 atom stereocenters. The zero-order valence-electron chi connectivity index (χ0n) is 15.7. The number of hydrogen-bond acceptors (Lipinski definition) is 7. The molecule has 0 unspecified atom stereocenters. The lowest BCUT2D eigenvalue weighted by Gasteiger charge is -2.32. The second-order valence-corrected chi connectivity index (χ2v) is 7.04. The van der Waals surface area contributed by atoms with Gasteiger partial charge in [-0.1, -0.05) is 0 Å². The third kappa shape index (κ3) is 3.17. The molecule has 0 aromatic carbocycles. The van der Waals surface area contributed by atoms with Crippen LogP contribution in [-0.4, -0.2) is 42.9 Å². The number of aromatic nitrogens is 6. The molecular formula is C21H18N8. The Morgan fingerprint density at radius 2 is 1.86 bits per heavy atom. The van der Waals surface area contributed by atoms with Gasteiger partial charge in [0.25, 0.3) is 0 Å². The first-order valence-electron chi connectivity index (χ1n) is 9.56. The first-order chi connectivity index (χ1) is 14.3. The first kappa shape index (κ1) is 17.3. The van der Waals surface area contributed by atoms with Crippen molar-refractivity contribution in [2.45, 2.75) is 18.8 Å². The Labute approximate surface area is 167 Å². The molecule has 1 fully saturated rings. The van der Waals surface area contributed by atoms with E-state index in [9.17, 15) is 5.26 Å². The van der Waals surface area contributed by atoms with Crippen molar-refractivity contribution in [1.82, 2.24) is 29.8 Å². The van der Waals surface area contributed by atoms with Crippen molar-refractivity contribution in [2.24, 2.45) is 0 Å². The van der Waals surface area contributed by atoms with E-state index in [0.29, 0.717) is 5.56 Å². The summed E-state index contributed by atoms with van der Waals surface area (Å²) in [5, 5.41) is 22.8. The van der Waals surface area contributed by atoms with Crippen LogP contribution in [0, 0.1) is 11.3 Å². The highest BCUT2D eigenvalue weighted by Crippen LogP contribution is 2.30. The summed E-state index contributed by atoms with van der Waals surface area (Å²) in [4.78, 5) is 10.8. The molecule has 0 spiro atoms. The summed E-state index contributed by atoms with van der Waals surface area (Å²) in [7, 11) is 0. The standard InChI is InChI=1S/C21H18N8/c22-13-16-3-2-10-24-20(16)28-11-7-15(8-12-28)21-26-25-19-6-5-18(27-29(19)21)17-4-1-9-23-14-17/h1-6,9-10,14-15H,7-8,11-12H2. The summed E-state index contributed by atoms with van der Waals surface area (Å²) < 4.78 is 1.85. The molecule has 4 aromatic rings. The lowest BCUT2D eigenvalue weighted by Crippen LogP contribution is -2.34. The third-order valence-corrected chi connectivity index (χ3v) is 5.31. The minimum atomic E-state index is 0.257. The molecule has 0 amide bonds. The Morgan fingerprint density at radius 1 is 1.00 bits per heavy atom. The quantitative estimate of drug-likeness (QED) is 0.537. The van der Waals surface area contributed by atoms with Crippen molar-refractivity contribution in [2.75, 3.05) is 18.0 Å². The highest BCUT2D eigenvalue weighted by Gasteiger charge is 2.26. The molecule has 0 bridgehead atoms. The first-order valence-corrected chi connectivity index (χ1v) is 9.56. The molecule has 5 heterocycles. The monoisotopic (exact) mass is 382 g/mol. The number of anilines is 1. The van der Waals surface area contributed by atoms with Gasteiger partial charge in [-0.05, 0) is 49.2 Å². The van der Waals surface area contributed by atoms with Crippen LogP contribution >= 0.6 is 0 Å². The van der Waals surface area contributed by atoms with Crippen molar-refractivity contribution in [3.05, 3.63) is 66.4 Å². The fraction of sp³-hybridized carbons (Fsp3) is 0.238. The maximum Gasteiger partial charge on any atom is 0.177 e. The second kappa shape index (κ2) is 7.28. The molecule has 1 aliphatic heterocycles. The number of nitrogens with zero attached hydrogens (tertiary/aromatic N) is 8. The van der Waals surface area contributed by atoms with Crippen molar-refractivity contribution in [3.8, 4) is 17.3 Å². The maximum absolute atomic E-state index is 9.34. The predicted molar refractivity (Wildman–Crippen MR) is 107 cm³/mol. The number of nitriles is 1. The zero-order chi connectivity index (χ0) is 19.6. The molecular weight excluding hydrogens is 364 g/mol. The second-order valence-electron chi connectivity index (χ2n) is 7.04. The summed E-state index contributed by atoms with van der Waals surface area (Å²) in [6.07, 6.45) is 7.09. The molecule has 0 N–H and O–H groups in total. The van der Waals surface area contributed by atoms with E-state index in [0.717, 1.165) is 54.5 Å². The van der Waals surface area contributed by atoms with E-state index < -0.39 is 0 Å². The SMILES string of the molecule is N#Cc1cccnc1N1CCC(c2nnc3ccc(-c4cccnc4)nn23)CC1. The minimum Gasteiger partial charge on any atom is -0.355 e. The van der Waals surface area contributed by atoms with Crippen LogP contribution in [0.2, 0.25) is 0 Å². The van der Waals surface area contributed by atoms with Crippen LogP contribution in [0.3, 0.4) is 0 Å². The van der Waals surface area contributed by atoms with Crippen molar-refractivity contribution < 1.29 is 0 Å². The van der Waals surface area contributed by atoms with Crippen LogP contribution in [0.15, 0.2) is 55.0 Å². The summed E-state index contributed by atoms with van der Waals surface area (Å²) in [6, 6.07) is 13.6. The summed E-state index contributed by atoms with van der Waals surface area (Å²) in [6.45, 7) is 1.63. The Morgan fingerprint density at radius 3 is 2.66 bits per heavy atom. The van der Waals surface area contributed by atoms with Crippen LogP contribution in [-0.2, 0) is 0 Å². The van der Waals surface area contributed by atoms with Gasteiger partial charge in [0.15, 0.2) is 11.5 Å². The van der Waals surface area contributed by atoms with Crippen LogP contribution < -0.4 is 4.90 Å². The average Bonchev–Trinajstić information content (AvgIpc) is 3.23. The third-order valence-electron chi connectivity index (χ3n) is 5.31. The fourth-order valence-corrected chi connectivity index (χ4v) is 3.81. The molecule has 8 heteroatoms. The average molecular weight is 382 g/mol. The topological polar surface area (TPSA) is 95.9 Å². The van der Waals surface area contributed by atoms with Gasteiger partial charge in [0.05, 0.1) is 11.3 Å². The number of rotatable bonds is 3. The van der Waals surface area contributed by atoms with E-state index in [1.807, 2.05) is 34.8 Å². The Bertz CT molecular complexity index is 1190. The van der Waals surface area contributed by atoms with Crippen molar-refractivity contribution >= 4 is 11.5 Å². The zero-order valence-corrected chi connectivity index (χ0v) is 15.7. The van der Waals surface area contributed by atoms with Crippen LogP contribution in [0.5, 0.6) is 0 Å². The minimum absolute atomic E-state index is 0.257. The van der Waals surface area contributed by atoms with Gasteiger partial charge in [-0.2, -0.15) is 14.9 Å². The highest BCUT2D eigenvalue weighted by molar-refractivity contribution is 5.59. The number of pyridine rings is 2. The highest BCUT2D eigenvalue weighted by atomic mass is 15.4. The molecule has 4 aromatic heterocycles. The number of hydrogen-bond donors (Lipinski definition) is 0. The van der Waals surface area contributed by atoms with Crippen molar-refractivity contribution in [1.29, 1.82) is 5.26 Å². The van der Waals surface area contributed by atoms with Gasteiger partial charge in [0, 0.05) is 43.2 Å². The van der Waals surface area contributed by atoms with Gasteiger partial charge in [-0.15, -0.1) is 10.2 Å². The normalized spacial score (nSPS) is 14.8.